The molecule has 0 saturated carbocycles. The molecule has 0 aliphatic heterocycles. The molecule has 0 aliphatic carbocycles. The van der Waals surface area contributed by atoms with E-state index in [9.17, 15) is 0 Å². The van der Waals surface area contributed by atoms with Crippen molar-refractivity contribution in [1.82, 2.24) is 0 Å². The first-order valence-corrected chi connectivity index (χ1v) is 11.9. The molecule has 4 heteroatoms. The summed E-state index contributed by atoms with van der Waals surface area (Å²) < 4.78 is 0. The van der Waals surface area contributed by atoms with Gasteiger partial charge in [-0.2, -0.15) is 0 Å². The Labute approximate surface area is 203 Å². The Morgan fingerprint density at radius 2 is 0.706 bits per heavy atom. The van der Waals surface area contributed by atoms with E-state index >= 15 is 0 Å². The average molecular weight is 453 g/mol. The zero-order valence-electron chi connectivity index (χ0n) is 19.8. The van der Waals surface area contributed by atoms with Crippen molar-refractivity contribution < 1.29 is 0 Å². The monoisotopic (exact) mass is 452 g/mol. The average Bonchev–Trinajstić information content (AvgIpc) is 2.82. The highest BCUT2D eigenvalue weighted by Crippen LogP contribution is 2.14. The standard InChI is InChI=1S/2C15H18N2/c16-14-8-2-6-12(10-14)4-1-5-13-7-3-9-15(17)11-13;16-14-8-4-12(5-9-14)2-1-3-13-6-10-15(17)11-7-13/h2-3,6-11H,1,4-5,16-17H2;4-11H,1-3,16-17H2. The summed E-state index contributed by atoms with van der Waals surface area (Å²) in [5.41, 5.74) is 31.4. The Balaban J connectivity index is 0.000000191. The summed E-state index contributed by atoms with van der Waals surface area (Å²) in [4.78, 5) is 0. The number of aryl methyl sites for hydroxylation is 4. The van der Waals surface area contributed by atoms with Crippen LogP contribution in [0.15, 0.2) is 97.1 Å². The van der Waals surface area contributed by atoms with Crippen molar-refractivity contribution in [1.29, 1.82) is 0 Å². The third-order valence-corrected chi connectivity index (χ3v) is 5.72. The number of nitrogen functional groups attached to an aromatic ring is 4. The summed E-state index contributed by atoms with van der Waals surface area (Å²) in [6.45, 7) is 0. The maximum atomic E-state index is 5.74. The van der Waals surface area contributed by atoms with Gasteiger partial charge < -0.3 is 22.9 Å². The summed E-state index contributed by atoms with van der Waals surface area (Å²) in [6.07, 6.45) is 6.55. The van der Waals surface area contributed by atoms with Gasteiger partial charge in [0.15, 0.2) is 0 Å². The van der Waals surface area contributed by atoms with E-state index in [1.54, 1.807) is 0 Å². The minimum atomic E-state index is 0.826. The van der Waals surface area contributed by atoms with Crippen molar-refractivity contribution in [2.24, 2.45) is 0 Å². The van der Waals surface area contributed by atoms with Gasteiger partial charge >= 0.3 is 0 Å². The molecule has 0 bridgehead atoms. The Morgan fingerprint density at radius 1 is 0.353 bits per heavy atom. The number of anilines is 4. The van der Waals surface area contributed by atoms with Crippen LogP contribution in [0.4, 0.5) is 22.7 Å². The molecule has 0 aliphatic rings. The van der Waals surface area contributed by atoms with Crippen molar-refractivity contribution in [3.05, 3.63) is 119 Å². The topological polar surface area (TPSA) is 104 Å². The molecule has 8 N–H and O–H groups in total. The normalized spacial score (nSPS) is 10.4. The molecule has 176 valence electrons. The summed E-state index contributed by atoms with van der Waals surface area (Å²) in [5.74, 6) is 0. The fraction of sp³-hybridized carbons (Fsp3) is 0.200. The molecule has 0 aromatic heterocycles. The summed E-state index contributed by atoms with van der Waals surface area (Å²) in [6, 6.07) is 32.4. The van der Waals surface area contributed by atoms with E-state index in [1.807, 2.05) is 60.7 Å². The molecular formula is C30H36N4. The van der Waals surface area contributed by atoms with Gasteiger partial charge in [-0.3, -0.25) is 0 Å². The van der Waals surface area contributed by atoms with Crippen molar-refractivity contribution in [2.45, 2.75) is 38.5 Å². The maximum Gasteiger partial charge on any atom is 0.0316 e. The quantitative estimate of drug-likeness (QED) is 0.244. The molecule has 34 heavy (non-hydrogen) atoms. The van der Waals surface area contributed by atoms with Crippen LogP contribution in [-0.2, 0) is 25.7 Å². The highest BCUT2D eigenvalue weighted by molar-refractivity contribution is 5.42. The summed E-state index contributed by atoms with van der Waals surface area (Å²) in [7, 11) is 0. The number of hydrogen-bond acceptors (Lipinski definition) is 4. The zero-order valence-corrected chi connectivity index (χ0v) is 19.8. The fourth-order valence-electron chi connectivity index (χ4n) is 3.86. The Bertz CT molecular complexity index is 1040. The molecular weight excluding hydrogens is 416 g/mol. The molecule has 0 saturated heterocycles. The van der Waals surface area contributed by atoms with Crippen molar-refractivity contribution in [3.8, 4) is 0 Å². The second-order valence-corrected chi connectivity index (χ2v) is 8.68. The Kier molecular flexibility index (Phi) is 9.41. The predicted molar refractivity (Wildman–Crippen MR) is 147 cm³/mol. The molecule has 0 amide bonds. The minimum absolute atomic E-state index is 0.826. The predicted octanol–water partition coefficient (Wildman–Crippen LogP) is 6.05. The highest BCUT2D eigenvalue weighted by Gasteiger charge is 1.98. The molecule has 4 aromatic carbocycles. The molecule has 0 heterocycles. The number of rotatable bonds is 8. The SMILES string of the molecule is Nc1ccc(CCCc2ccc(N)cc2)cc1.Nc1cccc(CCCc2cccc(N)c2)c1. The van der Waals surface area contributed by atoms with E-state index in [0.717, 1.165) is 61.3 Å². The number of benzene rings is 4. The van der Waals surface area contributed by atoms with Gasteiger partial charge in [0, 0.05) is 22.7 Å². The first kappa shape index (κ1) is 24.7. The van der Waals surface area contributed by atoms with Gasteiger partial charge in [0.2, 0.25) is 0 Å². The molecule has 4 rings (SSSR count). The van der Waals surface area contributed by atoms with Gasteiger partial charge in [-0.1, -0.05) is 48.5 Å². The van der Waals surface area contributed by atoms with Crippen LogP contribution >= 0.6 is 0 Å². The molecule has 0 fully saturated rings. The van der Waals surface area contributed by atoms with E-state index in [1.165, 1.54) is 22.3 Å². The fourth-order valence-corrected chi connectivity index (χ4v) is 3.86. The largest absolute Gasteiger partial charge is 0.399 e. The van der Waals surface area contributed by atoms with E-state index in [2.05, 4.69) is 36.4 Å². The molecule has 4 nitrogen and oxygen atoms in total. The van der Waals surface area contributed by atoms with Crippen LogP contribution in [-0.4, -0.2) is 0 Å². The van der Waals surface area contributed by atoms with Gasteiger partial charge in [0.25, 0.3) is 0 Å². The van der Waals surface area contributed by atoms with Crippen LogP contribution in [0.25, 0.3) is 0 Å². The van der Waals surface area contributed by atoms with Crippen molar-refractivity contribution in [3.63, 3.8) is 0 Å². The minimum Gasteiger partial charge on any atom is -0.399 e. The zero-order chi connectivity index (χ0) is 24.2. The first-order valence-electron chi connectivity index (χ1n) is 11.9. The van der Waals surface area contributed by atoms with Gasteiger partial charge in [0.1, 0.15) is 0 Å². The maximum absolute atomic E-state index is 5.74. The smallest absolute Gasteiger partial charge is 0.0316 e. The van der Waals surface area contributed by atoms with Crippen molar-refractivity contribution >= 4 is 22.7 Å². The van der Waals surface area contributed by atoms with Crippen LogP contribution in [0, 0.1) is 0 Å². The summed E-state index contributed by atoms with van der Waals surface area (Å²) in [5, 5.41) is 0. The Hall–Kier alpha value is -3.92. The highest BCUT2D eigenvalue weighted by atomic mass is 14.5. The van der Waals surface area contributed by atoms with E-state index in [0.29, 0.717) is 0 Å². The number of nitrogens with two attached hydrogens (primary N) is 4. The summed E-state index contributed by atoms with van der Waals surface area (Å²) >= 11 is 0. The molecule has 0 spiro atoms. The van der Waals surface area contributed by atoms with Crippen LogP contribution in [0.1, 0.15) is 35.1 Å². The van der Waals surface area contributed by atoms with Gasteiger partial charge in [-0.05, 0) is 109 Å². The number of hydrogen-bond donors (Lipinski definition) is 4. The lowest BCUT2D eigenvalue weighted by Crippen LogP contribution is -1.93. The Morgan fingerprint density at radius 3 is 1.06 bits per heavy atom. The van der Waals surface area contributed by atoms with Crippen LogP contribution in [0.5, 0.6) is 0 Å². The van der Waals surface area contributed by atoms with E-state index in [4.69, 9.17) is 22.9 Å². The third kappa shape index (κ3) is 8.91. The van der Waals surface area contributed by atoms with E-state index < -0.39 is 0 Å². The lowest BCUT2D eigenvalue weighted by molar-refractivity contribution is 0.821. The van der Waals surface area contributed by atoms with Gasteiger partial charge in [0.05, 0.1) is 0 Å². The second-order valence-electron chi connectivity index (χ2n) is 8.68. The first-order chi connectivity index (χ1) is 16.5. The lowest BCUT2D eigenvalue weighted by Gasteiger charge is -2.04. The van der Waals surface area contributed by atoms with Gasteiger partial charge in [-0.15, -0.1) is 0 Å². The molecule has 0 atom stereocenters. The molecule has 0 unspecified atom stereocenters. The van der Waals surface area contributed by atoms with Crippen LogP contribution < -0.4 is 22.9 Å². The van der Waals surface area contributed by atoms with Crippen LogP contribution in [0.2, 0.25) is 0 Å². The van der Waals surface area contributed by atoms with E-state index in [-0.39, 0.29) is 0 Å². The van der Waals surface area contributed by atoms with Crippen molar-refractivity contribution in [2.75, 3.05) is 22.9 Å². The molecule has 4 aromatic rings. The lowest BCUT2D eigenvalue weighted by atomic mass is 10.0. The van der Waals surface area contributed by atoms with Crippen LogP contribution in [0.3, 0.4) is 0 Å². The van der Waals surface area contributed by atoms with Gasteiger partial charge in [-0.25, -0.2) is 0 Å². The molecule has 0 radical (unpaired) electrons. The second kappa shape index (κ2) is 12.9. The third-order valence-electron chi connectivity index (χ3n) is 5.72.